The van der Waals surface area contributed by atoms with E-state index in [2.05, 4.69) is 20.6 Å². The molecule has 4 rings (SSSR count). The molecule has 2 unspecified atom stereocenters. The third kappa shape index (κ3) is 4.27. The fraction of sp³-hybridized carbons (Fsp3) is 0.722. The maximum atomic E-state index is 12.1. The summed E-state index contributed by atoms with van der Waals surface area (Å²) in [6.07, 6.45) is 9.52. The average Bonchev–Trinajstić information content (AvgIpc) is 3.37. The zero-order valence-corrected chi connectivity index (χ0v) is 14.5. The van der Waals surface area contributed by atoms with E-state index in [1.54, 1.807) is 0 Å². The third-order valence-electron chi connectivity index (χ3n) is 5.26. The van der Waals surface area contributed by atoms with Gasteiger partial charge in [0.05, 0.1) is 12.2 Å². The van der Waals surface area contributed by atoms with Crippen molar-refractivity contribution in [1.29, 1.82) is 0 Å². The number of nitrogens with one attached hydrogen (secondary N) is 2. The van der Waals surface area contributed by atoms with Crippen LogP contribution in [0.1, 0.15) is 49.4 Å². The molecule has 2 aliphatic heterocycles. The Morgan fingerprint density at radius 1 is 1.24 bits per heavy atom. The number of aromatic nitrogens is 2. The van der Waals surface area contributed by atoms with Crippen LogP contribution < -0.4 is 10.6 Å². The summed E-state index contributed by atoms with van der Waals surface area (Å²) in [5.41, 5.74) is 0.870. The van der Waals surface area contributed by atoms with E-state index in [0.717, 1.165) is 43.7 Å². The second kappa shape index (κ2) is 7.25. The lowest BCUT2D eigenvalue weighted by Crippen LogP contribution is -2.51. The molecule has 0 radical (unpaired) electrons. The van der Waals surface area contributed by atoms with E-state index in [-0.39, 0.29) is 17.7 Å². The smallest absolute Gasteiger partial charge is 0.315 e. The summed E-state index contributed by atoms with van der Waals surface area (Å²) >= 11 is 0. The van der Waals surface area contributed by atoms with Gasteiger partial charge in [0.2, 0.25) is 0 Å². The maximum Gasteiger partial charge on any atom is 0.315 e. The Hall–Kier alpha value is -1.73. The van der Waals surface area contributed by atoms with Gasteiger partial charge in [0, 0.05) is 50.5 Å². The van der Waals surface area contributed by atoms with Gasteiger partial charge in [-0.1, -0.05) is 0 Å². The Morgan fingerprint density at radius 3 is 2.80 bits per heavy atom. The topological polar surface area (TPSA) is 85.4 Å². The summed E-state index contributed by atoms with van der Waals surface area (Å²) < 4.78 is 11.4. The van der Waals surface area contributed by atoms with Crippen LogP contribution in [0.25, 0.3) is 0 Å². The van der Waals surface area contributed by atoms with E-state index in [4.69, 9.17) is 9.47 Å². The fourth-order valence-electron chi connectivity index (χ4n) is 3.62. The average molecular weight is 346 g/mol. The summed E-state index contributed by atoms with van der Waals surface area (Å²) in [7, 11) is 0. The van der Waals surface area contributed by atoms with Crippen molar-refractivity contribution < 1.29 is 14.3 Å². The minimum absolute atomic E-state index is 0.114. The number of rotatable bonds is 5. The van der Waals surface area contributed by atoms with Crippen LogP contribution in [0.3, 0.4) is 0 Å². The Bertz CT molecular complexity index is 597. The van der Waals surface area contributed by atoms with Crippen molar-refractivity contribution in [3.8, 4) is 0 Å². The zero-order valence-electron chi connectivity index (χ0n) is 14.5. The first-order valence-electron chi connectivity index (χ1n) is 9.29. The molecule has 0 bridgehead atoms. The van der Waals surface area contributed by atoms with Gasteiger partial charge in [0.25, 0.3) is 0 Å². The normalized spacial score (nSPS) is 28.9. The fourth-order valence-corrected chi connectivity index (χ4v) is 3.62. The summed E-state index contributed by atoms with van der Waals surface area (Å²) in [5.74, 6) is 1.53. The molecule has 25 heavy (non-hydrogen) atoms. The highest BCUT2D eigenvalue weighted by molar-refractivity contribution is 5.74. The number of nitrogens with zero attached hydrogens (tertiary/aromatic N) is 2. The summed E-state index contributed by atoms with van der Waals surface area (Å²) in [4.78, 5) is 20.9. The van der Waals surface area contributed by atoms with Crippen molar-refractivity contribution >= 4 is 6.03 Å². The molecule has 2 N–H and O–H groups in total. The number of ether oxygens (including phenoxy) is 2. The van der Waals surface area contributed by atoms with Crippen LogP contribution in [0.5, 0.6) is 0 Å². The molecule has 1 aromatic rings. The van der Waals surface area contributed by atoms with E-state index in [0.29, 0.717) is 25.7 Å². The Morgan fingerprint density at radius 2 is 2.08 bits per heavy atom. The molecule has 2 atom stereocenters. The predicted octanol–water partition coefficient (Wildman–Crippen LogP) is 1.53. The van der Waals surface area contributed by atoms with Gasteiger partial charge in [-0.2, -0.15) is 0 Å². The first-order chi connectivity index (χ1) is 12.2. The second-order valence-corrected chi connectivity index (χ2v) is 7.40. The van der Waals surface area contributed by atoms with Crippen LogP contribution in [0.15, 0.2) is 12.4 Å². The van der Waals surface area contributed by atoms with Crippen molar-refractivity contribution in [2.45, 2.75) is 56.1 Å². The number of amides is 2. The van der Waals surface area contributed by atoms with E-state index in [9.17, 15) is 4.79 Å². The van der Waals surface area contributed by atoms with Crippen molar-refractivity contribution in [2.75, 3.05) is 26.4 Å². The summed E-state index contributed by atoms with van der Waals surface area (Å²) in [6, 6.07) is 0.0353. The molecular weight excluding hydrogens is 320 g/mol. The van der Waals surface area contributed by atoms with Gasteiger partial charge in [-0.15, -0.1) is 0 Å². The van der Waals surface area contributed by atoms with E-state index >= 15 is 0 Å². The molecule has 7 nitrogen and oxygen atoms in total. The van der Waals surface area contributed by atoms with Gasteiger partial charge in [-0.05, 0) is 37.7 Å². The summed E-state index contributed by atoms with van der Waals surface area (Å²) in [6.45, 7) is 2.65. The molecule has 136 valence electrons. The largest absolute Gasteiger partial charge is 0.378 e. The molecule has 3 heterocycles. The van der Waals surface area contributed by atoms with Gasteiger partial charge < -0.3 is 20.1 Å². The van der Waals surface area contributed by atoms with E-state index in [1.165, 1.54) is 12.8 Å². The van der Waals surface area contributed by atoms with Gasteiger partial charge >= 0.3 is 6.03 Å². The molecule has 1 aromatic heterocycles. The maximum absolute atomic E-state index is 12.1. The van der Waals surface area contributed by atoms with Crippen molar-refractivity contribution in [1.82, 2.24) is 20.6 Å². The second-order valence-electron chi connectivity index (χ2n) is 7.40. The Balaban J connectivity index is 1.18. The monoisotopic (exact) mass is 346 g/mol. The lowest BCUT2D eigenvalue weighted by molar-refractivity contribution is -0.0878. The quantitative estimate of drug-likeness (QED) is 0.845. The lowest BCUT2D eigenvalue weighted by atomic mass is 9.90. The molecule has 1 aliphatic carbocycles. The highest BCUT2D eigenvalue weighted by Crippen LogP contribution is 2.37. The Labute approximate surface area is 147 Å². The first kappa shape index (κ1) is 16.7. The molecule has 7 heteroatoms. The number of hydrogen-bond donors (Lipinski definition) is 2. The SMILES string of the molecule is O=C(NCCc1cnc(C2CC2)nc1)NC1CCOC2(CCOC2)C1. The molecule has 1 saturated carbocycles. The van der Waals surface area contributed by atoms with Crippen LogP contribution in [0.2, 0.25) is 0 Å². The minimum atomic E-state index is -0.184. The van der Waals surface area contributed by atoms with Gasteiger partial charge in [0.15, 0.2) is 0 Å². The highest BCUT2D eigenvalue weighted by Gasteiger charge is 2.41. The molecule has 0 aromatic carbocycles. The molecular formula is C18H26N4O3. The molecule has 2 saturated heterocycles. The van der Waals surface area contributed by atoms with Crippen LogP contribution >= 0.6 is 0 Å². The lowest BCUT2D eigenvalue weighted by Gasteiger charge is -2.37. The molecule has 1 spiro atoms. The van der Waals surface area contributed by atoms with E-state index in [1.807, 2.05) is 12.4 Å². The van der Waals surface area contributed by atoms with Gasteiger partial charge in [0.1, 0.15) is 5.82 Å². The van der Waals surface area contributed by atoms with Crippen LogP contribution in [0.4, 0.5) is 4.79 Å². The van der Waals surface area contributed by atoms with Crippen molar-refractivity contribution in [2.24, 2.45) is 0 Å². The number of urea groups is 1. The van der Waals surface area contributed by atoms with Crippen molar-refractivity contribution in [3.63, 3.8) is 0 Å². The molecule has 3 aliphatic rings. The summed E-state index contributed by atoms with van der Waals surface area (Å²) in [5, 5.41) is 6.00. The predicted molar refractivity (Wildman–Crippen MR) is 91.4 cm³/mol. The molecule has 2 amide bonds. The van der Waals surface area contributed by atoms with Crippen LogP contribution in [-0.2, 0) is 15.9 Å². The minimum Gasteiger partial charge on any atom is -0.378 e. The number of carbonyl (C=O) groups is 1. The van der Waals surface area contributed by atoms with E-state index < -0.39 is 0 Å². The number of carbonyl (C=O) groups excluding carboxylic acids is 1. The highest BCUT2D eigenvalue weighted by atomic mass is 16.6. The Kier molecular flexibility index (Phi) is 4.85. The van der Waals surface area contributed by atoms with Crippen LogP contribution in [-0.4, -0.2) is 54.0 Å². The van der Waals surface area contributed by atoms with Crippen molar-refractivity contribution in [3.05, 3.63) is 23.8 Å². The number of hydrogen-bond acceptors (Lipinski definition) is 5. The van der Waals surface area contributed by atoms with Gasteiger partial charge in [-0.25, -0.2) is 14.8 Å². The third-order valence-corrected chi connectivity index (χ3v) is 5.26. The van der Waals surface area contributed by atoms with Gasteiger partial charge in [-0.3, -0.25) is 0 Å². The molecule has 3 fully saturated rings. The first-order valence-corrected chi connectivity index (χ1v) is 9.29. The van der Waals surface area contributed by atoms with Crippen LogP contribution in [0, 0.1) is 0 Å². The standard InChI is InChI=1S/C18H26N4O3/c23-17(22-15-4-7-25-18(9-15)5-8-24-12-18)19-6-3-13-10-20-16(21-11-13)14-1-2-14/h10-11,14-15H,1-9,12H2,(H2,19,22,23). The zero-order chi connectivity index (χ0) is 17.1.